The van der Waals surface area contributed by atoms with E-state index in [1.54, 1.807) is 22.7 Å². The van der Waals surface area contributed by atoms with Crippen LogP contribution in [-0.4, -0.2) is 9.97 Å². The number of benzene rings is 2. The molecule has 0 aliphatic carbocycles. The zero-order valence-electron chi connectivity index (χ0n) is 12.0. The maximum absolute atomic E-state index is 6.13. The number of hydrogen-bond donors (Lipinski definition) is 3. The van der Waals surface area contributed by atoms with Crippen LogP contribution in [0.3, 0.4) is 0 Å². The first kappa shape index (κ1) is 12.9. The molecule has 112 valence electrons. The van der Waals surface area contributed by atoms with Gasteiger partial charge in [-0.3, -0.25) is 0 Å². The Morgan fingerprint density at radius 2 is 1.52 bits per heavy atom. The molecule has 0 radical (unpaired) electrons. The zero-order valence-corrected chi connectivity index (χ0v) is 13.6. The number of imidazole rings is 1. The lowest BCUT2D eigenvalue weighted by Crippen LogP contribution is -1.96. The standard InChI is InChI=1S/C17H12N4S2/c18-10-2-1-3-11(19)12(10)17-20-13-14(21-17)16-9(5-7-23-16)8-4-6-22-15(8)13/h1-7H,18-19H2,(H,20,21). The molecule has 4 nitrogen and oxygen atoms in total. The van der Waals surface area contributed by atoms with E-state index in [0.29, 0.717) is 11.4 Å². The van der Waals surface area contributed by atoms with Crippen molar-refractivity contribution in [3.8, 4) is 11.4 Å². The fraction of sp³-hybridized carbons (Fsp3) is 0. The Balaban J connectivity index is 1.96. The number of rotatable bonds is 1. The van der Waals surface area contributed by atoms with Crippen molar-refractivity contribution in [1.82, 2.24) is 9.97 Å². The second kappa shape index (κ2) is 4.47. The molecule has 0 bridgehead atoms. The van der Waals surface area contributed by atoms with Gasteiger partial charge in [-0.1, -0.05) is 6.07 Å². The summed E-state index contributed by atoms with van der Waals surface area (Å²) in [5, 5.41) is 6.75. The van der Waals surface area contributed by atoms with Gasteiger partial charge in [0.2, 0.25) is 0 Å². The molecule has 0 atom stereocenters. The Labute approximate surface area is 139 Å². The number of fused-ring (bicyclic) bond motifs is 6. The van der Waals surface area contributed by atoms with E-state index in [4.69, 9.17) is 16.5 Å². The highest BCUT2D eigenvalue weighted by Gasteiger charge is 2.17. The molecule has 3 aromatic heterocycles. The molecule has 0 spiro atoms. The number of nitrogens with zero attached hydrogens (tertiary/aromatic N) is 1. The van der Waals surface area contributed by atoms with Gasteiger partial charge in [-0.25, -0.2) is 4.98 Å². The van der Waals surface area contributed by atoms with E-state index in [9.17, 15) is 0 Å². The number of aromatic nitrogens is 2. The van der Waals surface area contributed by atoms with Gasteiger partial charge in [0.05, 0.1) is 20.5 Å². The summed E-state index contributed by atoms with van der Waals surface area (Å²) < 4.78 is 2.42. The molecular weight excluding hydrogens is 324 g/mol. The minimum Gasteiger partial charge on any atom is -0.398 e. The molecule has 5 N–H and O–H groups in total. The fourth-order valence-electron chi connectivity index (χ4n) is 3.10. The Bertz CT molecular complexity index is 1110. The third-order valence-corrected chi connectivity index (χ3v) is 5.99. The van der Waals surface area contributed by atoms with Crippen molar-refractivity contribution in [2.24, 2.45) is 0 Å². The lowest BCUT2D eigenvalue weighted by Gasteiger charge is -2.05. The lowest BCUT2D eigenvalue weighted by atomic mass is 10.1. The van der Waals surface area contributed by atoms with Gasteiger partial charge in [0.25, 0.3) is 0 Å². The van der Waals surface area contributed by atoms with E-state index in [1.165, 1.54) is 20.2 Å². The molecule has 0 saturated carbocycles. The largest absolute Gasteiger partial charge is 0.398 e. The van der Waals surface area contributed by atoms with Crippen LogP contribution in [0.5, 0.6) is 0 Å². The average Bonchev–Trinajstić information content (AvgIpc) is 3.24. The first-order chi connectivity index (χ1) is 11.2. The van der Waals surface area contributed by atoms with Crippen LogP contribution in [0.4, 0.5) is 11.4 Å². The SMILES string of the molecule is Nc1cccc(N)c1-c1nc2c([nH]1)c1sccc1c1ccsc12. The van der Waals surface area contributed by atoms with Crippen LogP contribution in [0.2, 0.25) is 0 Å². The van der Waals surface area contributed by atoms with Crippen LogP contribution in [0.1, 0.15) is 0 Å². The number of nitrogens with two attached hydrogens (primary N) is 2. The van der Waals surface area contributed by atoms with Gasteiger partial charge in [-0.2, -0.15) is 0 Å². The third kappa shape index (κ3) is 1.67. The van der Waals surface area contributed by atoms with Crippen molar-refractivity contribution < 1.29 is 0 Å². The number of nitrogen functional groups attached to an aromatic ring is 2. The fourth-order valence-corrected chi connectivity index (χ4v) is 4.92. The maximum Gasteiger partial charge on any atom is 0.142 e. The summed E-state index contributed by atoms with van der Waals surface area (Å²) in [6, 6.07) is 9.88. The Hall–Kier alpha value is -2.57. The van der Waals surface area contributed by atoms with Gasteiger partial charge in [-0.05, 0) is 35.0 Å². The van der Waals surface area contributed by atoms with E-state index in [2.05, 4.69) is 27.9 Å². The summed E-state index contributed by atoms with van der Waals surface area (Å²) >= 11 is 3.43. The van der Waals surface area contributed by atoms with Crippen molar-refractivity contribution in [1.29, 1.82) is 0 Å². The number of H-pyrrole nitrogens is 1. The van der Waals surface area contributed by atoms with E-state index in [1.807, 2.05) is 18.2 Å². The molecule has 2 aromatic carbocycles. The molecular formula is C17H12N4S2. The number of anilines is 2. The summed E-state index contributed by atoms with van der Waals surface area (Å²) in [6.45, 7) is 0. The van der Waals surface area contributed by atoms with Crippen LogP contribution in [-0.2, 0) is 0 Å². The van der Waals surface area contributed by atoms with E-state index in [-0.39, 0.29) is 0 Å². The van der Waals surface area contributed by atoms with Gasteiger partial charge < -0.3 is 16.5 Å². The smallest absolute Gasteiger partial charge is 0.142 e. The maximum atomic E-state index is 6.13. The Kier molecular flexibility index (Phi) is 2.51. The predicted molar refractivity (Wildman–Crippen MR) is 101 cm³/mol. The van der Waals surface area contributed by atoms with Gasteiger partial charge in [0.15, 0.2) is 0 Å². The van der Waals surface area contributed by atoms with Crippen molar-refractivity contribution in [3.63, 3.8) is 0 Å². The second-order valence-electron chi connectivity index (χ2n) is 5.45. The first-order valence-electron chi connectivity index (χ1n) is 7.14. The summed E-state index contributed by atoms with van der Waals surface area (Å²) in [4.78, 5) is 8.29. The molecule has 23 heavy (non-hydrogen) atoms. The molecule has 6 heteroatoms. The first-order valence-corrected chi connectivity index (χ1v) is 8.90. The van der Waals surface area contributed by atoms with Crippen molar-refractivity contribution in [3.05, 3.63) is 41.1 Å². The Morgan fingerprint density at radius 3 is 2.26 bits per heavy atom. The van der Waals surface area contributed by atoms with Gasteiger partial charge in [0.1, 0.15) is 11.3 Å². The minimum absolute atomic E-state index is 0.633. The van der Waals surface area contributed by atoms with Gasteiger partial charge in [0, 0.05) is 22.1 Å². The number of hydrogen-bond acceptors (Lipinski definition) is 5. The molecule has 3 heterocycles. The topological polar surface area (TPSA) is 80.7 Å². The molecule has 0 saturated heterocycles. The van der Waals surface area contributed by atoms with E-state index < -0.39 is 0 Å². The quantitative estimate of drug-likeness (QED) is 0.384. The second-order valence-corrected chi connectivity index (χ2v) is 7.28. The molecule has 5 rings (SSSR count). The van der Waals surface area contributed by atoms with E-state index in [0.717, 1.165) is 22.4 Å². The van der Waals surface area contributed by atoms with Crippen molar-refractivity contribution in [2.45, 2.75) is 0 Å². The lowest BCUT2D eigenvalue weighted by molar-refractivity contribution is 1.34. The molecule has 0 unspecified atom stereocenters. The molecule has 0 aliphatic rings. The number of thiophene rings is 2. The van der Waals surface area contributed by atoms with Crippen molar-refractivity contribution >= 4 is 65.3 Å². The van der Waals surface area contributed by atoms with Crippen LogP contribution in [0.15, 0.2) is 41.1 Å². The van der Waals surface area contributed by atoms with Crippen LogP contribution >= 0.6 is 22.7 Å². The van der Waals surface area contributed by atoms with Crippen LogP contribution in [0.25, 0.3) is 42.6 Å². The van der Waals surface area contributed by atoms with E-state index >= 15 is 0 Å². The van der Waals surface area contributed by atoms with Gasteiger partial charge >= 0.3 is 0 Å². The highest BCUT2D eigenvalue weighted by Crippen LogP contribution is 2.41. The number of nitrogens with one attached hydrogen (secondary N) is 1. The average molecular weight is 336 g/mol. The highest BCUT2D eigenvalue weighted by atomic mass is 32.1. The molecule has 0 aliphatic heterocycles. The Morgan fingerprint density at radius 1 is 0.870 bits per heavy atom. The minimum atomic E-state index is 0.633. The number of aromatic amines is 1. The van der Waals surface area contributed by atoms with Crippen molar-refractivity contribution in [2.75, 3.05) is 11.5 Å². The normalized spacial score (nSPS) is 11.8. The zero-order chi connectivity index (χ0) is 15.6. The van der Waals surface area contributed by atoms with Crippen LogP contribution in [0, 0.1) is 0 Å². The molecule has 0 fully saturated rings. The predicted octanol–water partition coefficient (Wildman–Crippen LogP) is 4.82. The van der Waals surface area contributed by atoms with Gasteiger partial charge in [-0.15, -0.1) is 22.7 Å². The summed E-state index contributed by atoms with van der Waals surface area (Å²) in [6.07, 6.45) is 0. The third-order valence-electron chi connectivity index (χ3n) is 4.13. The monoisotopic (exact) mass is 336 g/mol. The highest BCUT2D eigenvalue weighted by molar-refractivity contribution is 7.20. The summed E-state index contributed by atoms with van der Waals surface area (Å²) in [5.74, 6) is 0.728. The van der Waals surface area contributed by atoms with Crippen LogP contribution < -0.4 is 11.5 Å². The molecule has 0 amide bonds. The molecule has 5 aromatic rings. The summed E-state index contributed by atoms with van der Waals surface area (Å²) in [5.41, 5.74) is 16.3. The summed E-state index contributed by atoms with van der Waals surface area (Å²) in [7, 11) is 0.